The van der Waals surface area contributed by atoms with Crippen LogP contribution in [0, 0.1) is 0 Å². The van der Waals surface area contributed by atoms with Gasteiger partial charge in [-0.2, -0.15) is 0 Å². The summed E-state index contributed by atoms with van der Waals surface area (Å²) in [4.78, 5) is 4.39. The molecular weight excluding hydrogens is 296 g/mol. The summed E-state index contributed by atoms with van der Waals surface area (Å²) in [6, 6.07) is 15.8. The fourth-order valence-electron chi connectivity index (χ4n) is 2.32. The molecule has 3 aromatic rings. The number of rotatable bonds is 5. The van der Waals surface area contributed by atoms with Crippen LogP contribution in [0.25, 0.3) is 11.4 Å². The topological polar surface area (TPSA) is 27.1 Å². The third-order valence-electron chi connectivity index (χ3n) is 3.48. The average Bonchev–Trinajstić information content (AvgIpc) is 3.03. The van der Waals surface area contributed by atoms with Crippen LogP contribution in [0.2, 0.25) is 5.02 Å². The molecule has 0 N–H and O–H groups in total. The summed E-state index contributed by atoms with van der Waals surface area (Å²) in [5, 5.41) is 0.596. The van der Waals surface area contributed by atoms with Crippen LogP contribution in [0.4, 0.5) is 0 Å². The molecule has 3 rings (SSSR count). The Morgan fingerprint density at radius 3 is 2.68 bits per heavy atom. The van der Waals surface area contributed by atoms with Crippen molar-refractivity contribution in [3.8, 4) is 17.1 Å². The van der Waals surface area contributed by atoms with Gasteiger partial charge in [0, 0.05) is 24.5 Å². The Labute approximate surface area is 135 Å². The first-order chi connectivity index (χ1) is 10.8. The van der Waals surface area contributed by atoms with Gasteiger partial charge in [0.1, 0.15) is 18.2 Å². The number of aryl methyl sites for hydroxylation is 1. The molecule has 0 amide bonds. The second kappa shape index (κ2) is 6.67. The highest BCUT2D eigenvalue weighted by Crippen LogP contribution is 2.30. The molecule has 0 unspecified atom stereocenters. The number of halogens is 1. The molecule has 4 heteroatoms. The van der Waals surface area contributed by atoms with E-state index in [1.54, 1.807) is 6.20 Å². The van der Waals surface area contributed by atoms with Crippen molar-refractivity contribution in [3.63, 3.8) is 0 Å². The van der Waals surface area contributed by atoms with Gasteiger partial charge < -0.3 is 9.30 Å². The van der Waals surface area contributed by atoms with Gasteiger partial charge in [-0.05, 0) is 30.7 Å². The zero-order valence-electron chi connectivity index (χ0n) is 12.4. The van der Waals surface area contributed by atoms with Gasteiger partial charge in [0.25, 0.3) is 0 Å². The minimum absolute atomic E-state index is 0.503. The molecule has 0 aliphatic rings. The molecule has 0 aliphatic heterocycles. The molecule has 0 aliphatic carbocycles. The van der Waals surface area contributed by atoms with Crippen LogP contribution in [0.3, 0.4) is 0 Å². The summed E-state index contributed by atoms with van der Waals surface area (Å²) < 4.78 is 7.87. The zero-order valence-corrected chi connectivity index (χ0v) is 13.1. The Hall–Kier alpha value is -2.26. The van der Waals surface area contributed by atoms with Crippen LogP contribution in [0.1, 0.15) is 12.5 Å². The van der Waals surface area contributed by atoms with Crippen molar-refractivity contribution in [2.75, 3.05) is 0 Å². The van der Waals surface area contributed by atoms with Crippen molar-refractivity contribution in [1.29, 1.82) is 0 Å². The molecule has 3 nitrogen and oxygen atoms in total. The fourth-order valence-corrected chi connectivity index (χ4v) is 2.55. The van der Waals surface area contributed by atoms with Gasteiger partial charge in [-0.1, -0.05) is 41.9 Å². The summed E-state index contributed by atoms with van der Waals surface area (Å²) in [5.41, 5.74) is 2.10. The van der Waals surface area contributed by atoms with E-state index >= 15 is 0 Å². The Balaban J connectivity index is 1.78. The van der Waals surface area contributed by atoms with Crippen LogP contribution in [-0.2, 0) is 13.2 Å². The highest BCUT2D eigenvalue weighted by Gasteiger charge is 2.09. The Morgan fingerprint density at radius 1 is 1.14 bits per heavy atom. The summed E-state index contributed by atoms with van der Waals surface area (Å²) in [7, 11) is 0. The van der Waals surface area contributed by atoms with Gasteiger partial charge in [-0.15, -0.1) is 0 Å². The molecule has 0 saturated carbocycles. The van der Waals surface area contributed by atoms with Gasteiger partial charge in [0.15, 0.2) is 0 Å². The summed E-state index contributed by atoms with van der Waals surface area (Å²) in [5.74, 6) is 1.60. The normalized spacial score (nSPS) is 10.6. The van der Waals surface area contributed by atoms with E-state index in [-0.39, 0.29) is 0 Å². The fraction of sp³-hybridized carbons (Fsp3) is 0.167. The lowest BCUT2D eigenvalue weighted by Gasteiger charge is -2.10. The first-order valence-electron chi connectivity index (χ1n) is 7.25. The lowest BCUT2D eigenvalue weighted by atomic mass is 10.2. The lowest BCUT2D eigenvalue weighted by molar-refractivity contribution is 0.306. The Morgan fingerprint density at radius 2 is 1.95 bits per heavy atom. The van der Waals surface area contributed by atoms with E-state index in [2.05, 4.69) is 16.5 Å². The van der Waals surface area contributed by atoms with Crippen LogP contribution in [0.15, 0.2) is 60.9 Å². The van der Waals surface area contributed by atoms with Crippen LogP contribution < -0.4 is 4.74 Å². The standard InChI is InChI=1S/C18H17ClN2O/c1-2-21-11-10-20-18(21)15-8-9-17(16(19)12-15)22-13-14-6-4-3-5-7-14/h3-12H,2,13H2,1H3. The summed E-state index contributed by atoms with van der Waals surface area (Å²) in [6.45, 7) is 3.47. The Kier molecular flexibility index (Phi) is 4.45. The molecule has 2 aromatic carbocycles. The maximum Gasteiger partial charge on any atom is 0.139 e. The molecule has 1 aromatic heterocycles. The number of hydrogen-bond acceptors (Lipinski definition) is 2. The summed E-state index contributed by atoms with van der Waals surface area (Å²) in [6.07, 6.45) is 3.76. The van der Waals surface area contributed by atoms with Crippen LogP contribution >= 0.6 is 11.6 Å². The predicted molar refractivity (Wildman–Crippen MR) is 89.1 cm³/mol. The molecule has 112 valence electrons. The molecule has 0 spiro atoms. The van der Waals surface area contributed by atoms with Crippen LogP contribution in [-0.4, -0.2) is 9.55 Å². The van der Waals surface area contributed by atoms with Crippen molar-refractivity contribution in [1.82, 2.24) is 9.55 Å². The van der Waals surface area contributed by atoms with E-state index in [0.717, 1.165) is 23.5 Å². The van der Waals surface area contributed by atoms with E-state index in [4.69, 9.17) is 16.3 Å². The molecule has 0 bridgehead atoms. The predicted octanol–water partition coefficient (Wildman–Crippen LogP) is 4.80. The molecule has 1 heterocycles. The molecule has 0 saturated heterocycles. The second-order valence-corrected chi connectivity index (χ2v) is 5.36. The van der Waals surface area contributed by atoms with E-state index < -0.39 is 0 Å². The lowest BCUT2D eigenvalue weighted by Crippen LogP contribution is -1.98. The maximum absolute atomic E-state index is 6.35. The average molecular weight is 313 g/mol. The summed E-state index contributed by atoms with van der Waals surface area (Å²) >= 11 is 6.35. The minimum Gasteiger partial charge on any atom is -0.487 e. The highest BCUT2D eigenvalue weighted by molar-refractivity contribution is 6.32. The molecular formula is C18H17ClN2O. The quantitative estimate of drug-likeness (QED) is 0.676. The molecule has 22 heavy (non-hydrogen) atoms. The largest absolute Gasteiger partial charge is 0.487 e. The third kappa shape index (κ3) is 3.15. The van der Waals surface area contributed by atoms with E-state index in [9.17, 15) is 0 Å². The van der Waals surface area contributed by atoms with Crippen molar-refractivity contribution in [2.24, 2.45) is 0 Å². The maximum atomic E-state index is 6.35. The number of ether oxygens (including phenoxy) is 1. The number of aromatic nitrogens is 2. The smallest absolute Gasteiger partial charge is 0.139 e. The van der Waals surface area contributed by atoms with Gasteiger partial charge in [-0.25, -0.2) is 4.98 Å². The van der Waals surface area contributed by atoms with Crippen LogP contribution in [0.5, 0.6) is 5.75 Å². The SMILES string of the molecule is CCn1ccnc1-c1ccc(OCc2ccccc2)c(Cl)c1. The second-order valence-electron chi connectivity index (χ2n) is 4.96. The highest BCUT2D eigenvalue weighted by atomic mass is 35.5. The monoisotopic (exact) mass is 312 g/mol. The number of imidazole rings is 1. The van der Waals surface area contributed by atoms with Gasteiger partial charge in [-0.3, -0.25) is 0 Å². The molecule has 0 atom stereocenters. The Bertz CT molecular complexity index is 753. The van der Waals surface area contributed by atoms with Gasteiger partial charge in [0.2, 0.25) is 0 Å². The minimum atomic E-state index is 0.503. The van der Waals surface area contributed by atoms with E-state index in [0.29, 0.717) is 17.4 Å². The van der Waals surface area contributed by atoms with Gasteiger partial charge in [0.05, 0.1) is 5.02 Å². The van der Waals surface area contributed by atoms with Gasteiger partial charge >= 0.3 is 0 Å². The first-order valence-corrected chi connectivity index (χ1v) is 7.63. The first kappa shape index (κ1) is 14.7. The number of hydrogen-bond donors (Lipinski definition) is 0. The molecule has 0 fully saturated rings. The number of nitrogens with zero attached hydrogens (tertiary/aromatic N) is 2. The van der Waals surface area contributed by atoms with E-state index in [1.165, 1.54) is 0 Å². The van der Waals surface area contributed by atoms with Crippen molar-refractivity contribution < 1.29 is 4.74 Å². The van der Waals surface area contributed by atoms with Crippen molar-refractivity contribution >= 4 is 11.6 Å². The third-order valence-corrected chi connectivity index (χ3v) is 3.78. The van der Waals surface area contributed by atoms with Crippen molar-refractivity contribution in [2.45, 2.75) is 20.1 Å². The molecule has 0 radical (unpaired) electrons. The zero-order chi connectivity index (χ0) is 15.4. The number of benzene rings is 2. The van der Waals surface area contributed by atoms with Crippen molar-refractivity contribution in [3.05, 3.63) is 71.5 Å². The van der Waals surface area contributed by atoms with E-state index in [1.807, 2.05) is 54.7 Å².